The van der Waals surface area contributed by atoms with Crippen molar-refractivity contribution >= 4 is 5.69 Å². The van der Waals surface area contributed by atoms with Gasteiger partial charge in [0.25, 0.3) is 0 Å². The van der Waals surface area contributed by atoms with Crippen molar-refractivity contribution in [3.8, 4) is 0 Å². The van der Waals surface area contributed by atoms with E-state index in [-0.39, 0.29) is 0 Å². The van der Waals surface area contributed by atoms with Gasteiger partial charge in [0.2, 0.25) is 0 Å². The predicted octanol–water partition coefficient (Wildman–Crippen LogP) is 2.75. The monoisotopic (exact) mass is 204 g/mol. The van der Waals surface area contributed by atoms with Crippen molar-refractivity contribution in [2.24, 2.45) is 11.7 Å². The highest BCUT2D eigenvalue weighted by Gasteiger charge is 2.20. The minimum absolute atomic E-state index is 0.622. The third-order valence-corrected chi connectivity index (χ3v) is 3.23. The summed E-state index contributed by atoms with van der Waals surface area (Å²) < 4.78 is 0. The van der Waals surface area contributed by atoms with E-state index in [0.717, 1.165) is 5.92 Å². The molecule has 1 fully saturated rings. The van der Waals surface area contributed by atoms with Gasteiger partial charge in [-0.15, -0.1) is 0 Å². The fourth-order valence-corrected chi connectivity index (χ4v) is 2.36. The quantitative estimate of drug-likeness (QED) is 0.794. The zero-order valence-corrected chi connectivity index (χ0v) is 9.37. The Morgan fingerprint density at radius 3 is 2.93 bits per heavy atom. The van der Waals surface area contributed by atoms with Crippen LogP contribution in [-0.4, -0.2) is 6.04 Å². The van der Waals surface area contributed by atoms with Crippen LogP contribution in [0, 0.1) is 5.92 Å². The van der Waals surface area contributed by atoms with Gasteiger partial charge >= 0.3 is 0 Å². The van der Waals surface area contributed by atoms with E-state index in [1.807, 2.05) is 0 Å². The molecular formula is C13H20N2. The summed E-state index contributed by atoms with van der Waals surface area (Å²) in [7, 11) is 0. The topological polar surface area (TPSA) is 38.0 Å². The van der Waals surface area contributed by atoms with E-state index >= 15 is 0 Å². The lowest BCUT2D eigenvalue weighted by atomic mass is 10.1. The first kappa shape index (κ1) is 10.5. The molecule has 0 spiro atoms. The summed E-state index contributed by atoms with van der Waals surface area (Å²) in [5.74, 6) is 0.875. The molecule has 1 saturated carbocycles. The molecule has 0 saturated heterocycles. The first-order chi connectivity index (χ1) is 7.28. The van der Waals surface area contributed by atoms with Crippen LogP contribution in [0.2, 0.25) is 0 Å². The number of hydrogen-bond donors (Lipinski definition) is 2. The molecule has 1 aromatic carbocycles. The van der Waals surface area contributed by atoms with Gasteiger partial charge in [-0.3, -0.25) is 0 Å². The average molecular weight is 204 g/mol. The average Bonchev–Trinajstić information content (AvgIpc) is 2.64. The molecule has 2 heteroatoms. The van der Waals surface area contributed by atoms with Crippen LogP contribution in [-0.2, 0) is 6.54 Å². The molecule has 2 unspecified atom stereocenters. The second kappa shape index (κ2) is 4.67. The first-order valence-corrected chi connectivity index (χ1v) is 5.83. The Kier molecular flexibility index (Phi) is 3.27. The van der Waals surface area contributed by atoms with E-state index in [1.54, 1.807) is 0 Å². The second-order valence-electron chi connectivity index (χ2n) is 4.66. The summed E-state index contributed by atoms with van der Waals surface area (Å²) >= 11 is 0. The molecule has 1 aliphatic carbocycles. The second-order valence-corrected chi connectivity index (χ2v) is 4.66. The third-order valence-electron chi connectivity index (χ3n) is 3.23. The summed E-state index contributed by atoms with van der Waals surface area (Å²) in [6, 6.07) is 9.09. The smallest absolute Gasteiger partial charge is 0.0345 e. The Morgan fingerprint density at radius 2 is 2.27 bits per heavy atom. The van der Waals surface area contributed by atoms with Gasteiger partial charge in [-0.05, 0) is 42.9 Å². The normalized spacial score (nSPS) is 25.5. The number of anilines is 1. The lowest BCUT2D eigenvalue weighted by Crippen LogP contribution is -2.15. The third kappa shape index (κ3) is 2.72. The molecule has 0 aliphatic heterocycles. The van der Waals surface area contributed by atoms with Gasteiger partial charge in [0.15, 0.2) is 0 Å². The largest absolute Gasteiger partial charge is 0.382 e. The number of hydrogen-bond acceptors (Lipinski definition) is 2. The van der Waals surface area contributed by atoms with Crippen LogP contribution in [0.1, 0.15) is 31.7 Å². The van der Waals surface area contributed by atoms with E-state index < -0.39 is 0 Å². The van der Waals surface area contributed by atoms with Gasteiger partial charge in [-0.1, -0.05) is 19.1 Å². The van der Waals surface area contributed by atoms with Crippen molar-refractivity contribution in [2.75, 3.05) is 5.32 Å². The molecular weight excluding hydrogens is 184 g/mol. The van der Waals surface area contributed by atoms with E-state index in [4.69, 9.17) is 5.73 Å². The zero-order chi connectivity index (χ0) is 10.7. The van der Waals surface area contributed by atoms with Gasteiger partial charge < -0.3 is 11.1 Å². The maximum absolute atomic E-state index is 5.62. The number of benzene rings is 1. The summed E-state index contributed by atoms with van der Waals surface area (Å²) in [4.78, 5) is 0. The Labute approximate surface area is 91.9 Å². The highest BCUT2D eigenvalue weighted by molar-refractivity contribution is 5.46. The van der Waals surface area contributed by atoms with Crippen LogP contribution in [0.25, 0.3) is 0 Å². The minimum Gasteiger partial charge on any atom is -0.382 e. The standard InChI is InChI=1S/C13H20N2/c1-10-5-6-13(7-10)15-12-4-2-3-11(8-12)9-14/h2-4,8,10,13,15H,5-7,9,14H2,1H3. The molecule has 2 rings (SSSR count). The lowest BCUT2D eigenvalue weighted by Gasteiger charge is -2.14. The van der Waals surface area contributed by atoms with Crippen molar-refractivity contribution < 1.29 is 0 Å². The molecule has 82 valence electrons. The van der Waals surface area contributed by atoms with E-state index in [1.165, 1.54) is 30.5 Å². The molecule has 2 nitrogen and oxygen atoms in total. The summed E-state index contributed by atoms with van der Waals surface area (Å²) in [6.45, 7) is 2.95. The van der Waals surface area contributed by atoms with Crippen LogP contribution in [0.5, 0.6) is 0 Å². The van der Waals surface area contributed by atoms with Crippen LogP contribution < -0.4 is 11.1 Å². The Morgan fingerprint density at radius 1 is 1.40 bits per heavy atom. The molecule has 1 aromatic rings. The van der Waals surface area contributed by atoms with E-state index in [9.17, 15) is 0 Å². The van der Waals surface area contributed by atoms with Crippen molar-refractivity contribution in [2.45, 2.75) is 38.8 Å². The highest BCUT2D eigenvalue weighted by Crippen LogP contribution is 2.27. The highest BCUT2D eigenvalue weighted by atomic mass is 14.9. The SMILES string of the molecule is CC1CCC(Nc2cccc(CN)c2)C1. The Hall–Kier alpha value is -1.02. The molecule has 2 atom stereocenters. The molecule has 3 N–H and O–H groups in total. The Balaban J connectivity index is 1.98. The fourth-order valence-electron chi connectivity index (χ4n) is 2.36. The molecule has 0 radical (unpaired) electrons. The van der Waals surface area contributed by atoms with E-state index in [0.29, 0.717) is 12.6 Å². The molecule has 1 aliphatic rings. The number of nitrogens with two attached hydrogens (primary N) is 1. The molecule has 0 bridgehead atoms. The van der Waals surface area contributed by atoms with Gasteiger partial charge in [0, 0.05) is 18.3 Å². The molecule has 15 heavy (non-hydrogen) atoms. The van der Waals surface area contributed by atoms with Gasteiger partial charge in [0.1, 0.15) is 0 Å². The number of rotatable bonds is 3. The van der Waals surface area contributed by atoms with Crippen molar-refractivity contribution in [1.82, 2.24) is 0 Å². The molecule has 0 heterocycles. The summed E-state index contributed by atoms with van der Waals surface area (Å²) in [6.07, 6.45) is 3.95. The van der Waals surface area contributed by atoms with Gasteiger partial charge in [-0.25, -0.2) is 0 Å². The summed E-state index contributed by atoms with van der Waals surface area (Å²) in [5.41, 5.74) is 8.04. The number of nitrogens with one attached hydrogen (secondary N) is 1. The van der Waals surface area contributed by atoms with Crippen LogP contribution in [0.4, 0.5) is 5.69 Å². The molecule has 0 amide bonds. The van der Waals surface area contributed by atoms with Crippen molar-refractivity contribution in [3.05, 3.63) is 29.8 Å². The maximum Gasteiger partial charge on any atom is 0.0345 e. The van der Waals surface area contributed by atoms with E-state index in [2.05, 4.69) is 36.5 Å². The fraction of sp³-hybridized carbons (Fsp3) is 0.538. The lowest BCUT2D eigenvalue weighted by molar-refractivity contribution is 0.602. The van der Waals surface area contributed by atoms with Crippen LogP contribution in [0.3, 0.4) is 0 Å². The van der Waals surface area contributed by atoms with Crippen molar-refractivity contribution in [1.29, 1.82) is 0 Å². The van der Waals surface area contributed by atoms with Crippen molar-refractivity contribution in [3.63, 3.8) is 0 Å². The van der Waals surface area contributed by atoms with Gasteiger partial charge in [-0.2, -0.15) is 0 Å². The Bertz CT molecular complexity index is 322. The maximum atomic E-state index is 5.62. The van der Waals surface area contributed by atoms with Gasteiger partial charge in [0.05, 0.1) is 0 Å². The summed E-state index contributed by atoms with van der Waals surface area (Å²) in [5, 5.41) is 3.59. The first-order valence-electron chi connectivity index (χ1n) is 5.83. The molecule has 0 aromatic heterocycles. The predicted molar refractivity (Wildman–Crippen MR) is 64.8 cm³/mol. The van der Waals surface area contributed by atoms with Crippen LogP contribution >= 0.6 is 0 Å². The zero-order valence-electron chi connectivity index (χ0n) is 9.37. The van der Waals surface area contributed by atoms with Crippen LogP contribution in [0.15, 0.2) is 24.3 Å². The minimum atomic E-state index is 0.622.